The Morgan fingerprint density at radius 1 is 0.815 bits per heavy atom. The fourth-order valence-electron chi connectivity index (χ4n) is 3.23. The van der Waals surface area contributed by atoms with Crippen molar-refractivity contribution in [3.63, 3.8) is 0 Å². The first-order chi connectivity index (χ1) is 13.0. The third-order valence-corrected chi connectivity index (χ3v) is 4.40. The molecule has 27 heavy (non-hydrogen) atoms. The molecule has 6 nitrogen and oxygen atoms in total. The van der Waals surface area contributed by atoms with Crippen molar-refractivity contribution in [1.29, 1.82) is 0 Å². The lowest BCUT2D eigenvalue weighted by Crippen LogP contribution is -2.19. The number of hydrogen-bond acceptors (Lipinski definition) is 4. The topological polar surface area (TPSA) is 87.1 Å². The summed E-state index contributed by atoms with van der Waals surface area (Å²) in [6, 6.07) is 17.3. The van der Waals surface area contributed by atoms with Crippen LogP contribution in [0.25, 0.3) is 0 Å². The summed E-state index contributed by atoms with van der Waals surface area (Å²) in [7, 11) is 0. The molecule has 6 heteroatoms. The second-order valence-electron chi connectivity index (χ2n) is 6.19. The summed E-state index contributed by atoms with van der Waals surface area (Å²) in [5.41, 5.74) is 2.81. The number of para-hydroxylation sites is 2. The second kappa shape index (κ2) is 6.17. The number of aromatic carboxylic acids is 2. The van der Waals surface area contributed by atoms with Gasteiger partial charge in [0.05, 0.1) is 11.4 Å². The minimum absolute atomic E-state index is 0.0315. The number of aryl methyl sites for hydroxylation is 1. The molecule has 1 heterocycles. The zero-order chi connectivity index (χ0) is 19.1. The second-order valence-corrected chi connectivity index (χ2v) is 6.19. The predicted octanol–water partition coefficient (Wildman–Crippen LogP) is 4.97. The van der Waals surface area contributed by atoms with E-state index < -0.39 is 11.9 Å². The van der Waals surface area contributed by atoms with E-state index in [1.165, 1.54) is 12.1 Å². The molecule has 0 bridgehead atoms. The van der Waals surface area contributed by atoms with Crippen LogP contribution in [0.15, 0.2) is 60.7 Å². The highest BCUT2D eigenvalue weighted by Gasteiger charge is 2.32. The molecule has 0 amide bonds. The van der Waals surface area contributed by atoms with Gasteiger partial charge < -0.3 is 19.8 Å². The Morgan fingerprint density at radius 2 is 1.33 bits per heavy atom. The smallest absolute Gasteiger partial charge is 0.339 e. The molecule has 134 valence electrons. The van der Waals surface area contributed by atoms with Gasteiger partial charge in [0.25, 0.3) is 0 Å². The van der Waals surface area contributed by atoms with Crippen molar-refractivity contribution in [2.24, 2.45) is 0 Å². The fourth-order valence-corrected chi connectivity index (χ4v) is 3.23. The van der Waals surface area contributed by atoms with Gasteiger partial charge in [0.1, 0.15) is 11.1 Å². The molecule has 0 atom stereocenters. The average Bonchev–Trinajstić information content (AvgIpc) is 2.64. The van der Waals surface area contributed by atoms with Gasteiger partial charge in [-0.05, 0) is 48.9 Å². The Hall–Kier alpha value is -3.80. The zero-order valence-corrected chi connectivity index (χ0v) is 14.3. The van der Waals surface area contributed by atoms with E-state index in [9.17, 15) is 19.8 Å². The van der Waals surface area contributed by atoms with Gasteiger partial charge in [0, 0.05) is 5.69 Å². The standard InChI is InChI=1S/C21H15NO5/c1-12-5-2-6-13(11-12)22-16-9-3-7-14(20(23)24)18(16)27-19-15(21(25)26)8-4-10-17(19)22/h2-11H,1H3,(H,23,24)(H,25,26). The predicted molar refractivity (Wildman–Crippen MR) is 99.9 cm³/mol. The lowest BCUT2D eigenvalue weighted by atomic mass is 10.0. The van der Waals surface area contributed by atoms with Crippen LogP contribution in [0.3, 0.4) is 0 Å². The lowest BCUT2D eigenvalue weighted by molar-refractivity contribution is 0.0687. The maximum Gasteiger partial charge on any atom is 0.339 e. The number of carboxylic acid groups (broad SMARTS) is 2. The first-order valence-electron chi connectivity index (χ1n) is 8.24. The summed E-state index contributed by atoms with van der Waals surface area (Å²) in [4.78, 5) is 25.2. The molecule has 0 aliphatic carbocycles. The highest BCUT2D eigenvalue weighted by molar-refractivity contribution is 6.01. The van der Waals surface area contributed by atoms with E-state index in [2.05, 4.69) is 0 Å². The molecule has 0 fully saturated rings. The summed E-state index contributed by atoms with van der Waals surface area (Å²) in [5.74, 6) is -2.06. The first-order valence-corrected chi connectivity index (χ1v) is 8.24. The van der Waals surface area contributed by atoms with Crippen molar-refractivity contribution >= 4 is 29.0 Å². The number of nitrogens with zero attached hydrogens (tertiary/aromatic N) is 1. The van der Waals surface area contributed by atoms with Crippen LogP contribution in [0.2, 0.25) is 0 Å². The van der Waals surface area contributed by atoms with Crippen molar-refractivity contribution in [3.05, 3.63) is 77.4 Å². The van der Waals surface area contributed by atoms with Crippen LogP contribution < -0.4 is 9.64 Å². The Kier molecular flexibility index (Phi) is 3.81. The molecule has 0 unspecified atom stereocenters. The van der Waals surface area contributed by atoms with E-state index in [4.69, 9.17) is 4.74 Å². The normalized spacial score (nSPS) is 12.0. The number of carbonyl (C=O) groups is 2. The van der Waals surface area contributed by atoms with Crippen LogP contribution in [0.5, 0.6) is 11.5 Å². The van der Waals surface area contributed by atoms with Gasteiger partial charge in [-0.15, -0.1) is 0 Å². The molecule has 4 rings (SSSR count). The molecule has 1 aliphatic rings. The van der Waals surface area contributed by atoms with Crippen LogP contribution in [0, 0.1) is 6.92 Å². The van der Waals surface area contributed by atoms with Gasteiger partial charge >= 0.3 is 11.9 Å². The Balaban J connectivity index is 2.05. The number of carboxylic acids is 2. The molecule has 0 spiro atoms. The van der Waals surface area contributed by atoms with Gasteiger partial charge in [-0.25, -0.2) is 9.59 Å². The first kappa shape index (κ1) is 16.7. The van der Waals surface area contributed by atoms with E-state index >= 15 is 0 Å². The van der Waals surface area contributed by atoms with E-state index in [1.54, 1.807) is 24.3 Å². The van der Waals surface area contributed by atoms with E-state index in [0.29, 0.717) is 11.4 Å². The van der Waals surface area contributed by atoms with Gasteiger partial charge in [-0.2, -0.15) is 0 Å². The SMILES string of the molecule is Cc1cccc(N2c3cccc(C(=O)O)c3Oc3c(C(=O)O)cccc32)c1. The zero-order valence-electron chi connectivity index (χ0n) is 14.3. The van der Waals surface area contributed by atoms with Crippen LogP contribution in [-0.4, -0.2) is 22.2 Å². The molecule has 1 aliphatic heterocycles. The third kappa shape index (κ3) is 2.67. The van der Waals surface area contributed by atoms with E-state index in [-0.39, 0.29) is 22.6 Å². The maximum absolute atomic E-state index is 11.7. The molecule has 0 saturated heterocycles. The van der Waals surface area contributed by atoms with Crippen LogP contribution in [0.4, 0.5) is 17.1 Å². The molecule has 2 N–H and O–H groups in total. The highest BCUT2D eigenvalue weighted by atomic mass is 16.5. The number of fused-ring (bicyclic) bond motifs is 2. The molecule has 3 aromatic carbocycles. The summed E-state index contributed by atoms with van der Waals surface area (Å²) in [5, 5.41) is 19.1. The summed E-state index contributed by atoms with van der Waals surface area (Å²) in [6.07, 6.45) is 0. The van der Waals surface area contributed by atoms with Crippen molar-refractivity contribution in [2.75, 3.05) is 4.90 Å². The van der Waals surface area contributed by atoms with E-state index in [1.807, 2.05) is 36.1 Å². The maximum atomic E-state index is 11.7. The van der Waals surface area contributed by atoms with Crippen LogP contribution in [0.1, 0.15) is 26.3 Å². The fraction of sp³-hybridized carbons (Fsp3) is 0.0476. The van der Waals surface area contributed by atoms with Crippen LogP contribution in [-0.2, 0) is 0 Å². The number of hydrogen-bond donors (Lipinski definition) is 2. The summed E-state index contributed by atoms with van der Waals surface area (Å²) in [6.45, 7) is 1.95. The number of benzene rings is 3. The molecule has 3 aromatic rings. The molecular weight excluding hydrogens is 346 g/mol. The Morgan fingerprint density at radius 3 is 1.81 bits per heavy atom. The van der Waals surface area contributed by atoms with Crippen LogP contribution >= 0.6 is 0 Å². The van der Waals surface area contributed by atoms with Crippen molar-refractivity contribution in [3.8, 4) is 11.5 Å². The van der Waals surface area contributed by atoms with E-state index in [0.717, 1.165) is 11.3 Å². The quantitative estimate of drug-likeness (QED) is 0.536. The number of anilines is 3. The van der Waals surface area contributed by atoms with Gasteiger partial charge in [0.2, 0.25) is 0 Å². The summed E-state index contributed by atoms with van der Waals surface area (Å²) >= 11 is 0. The van der Waals surface area contributed by atoms with Gasteiger partial charge in [-0.3, -0.25) is 0 Å². The number of rotatable bonds is 3. The van der Waals surface area contributed by atoms with Gasteiger partial charge in [-0.1, -0.05) is 24.3 Å². The highest BCUT2D eigenvalue weighted by Crippen LogP contribution is 2.52. The van der Waals surface area contributed by atoms with Crippen molar-refractivity contribution in [2.45, 2.75) is 6.92 Å². The molecule has 0 aromatic heterocycles. The number of ether oxygens (including phenoxy) is 1. The monoisotopic (exact) mass is 361 g/mol. The minimum atomic E-state index is -1.15. The third-order valence-electron chi connectivity index (χ3n) is 4.40. The lowest BCUT2D eigenvalue weighted by Gasteiger charge is -2.34. The molecule has 0 saturated carbocycles. The summed E-state index contributed by atoms with van der Waals surface area (Å²) < 4.78 is 5.84. The Labute approximate surface area is 154 Å². The molecular formula is C21H15NO5. The largest absolute Gasteiger partial charge is 0.478 e. The van der Waals surface area contributed by atoms with Gasteiger partial charge in [0.15, 0.2) is 11.5 Å². The Bertz CT molecular complexity index is 1030. The van der Waals surface area contributed by atoms with Crippen molar-refractivity contribution < 1.29 is 24.5 Å². The molecule has 0 radical (unpaired) electrons. The van der Waals surface area contributed by atoms with Crippen molar-refractivity contribution in [1.82, 2.24) is 0 Å². The minimum Gasteiger partial charge on any atom is -0.478 e. The average molecular weight is 361 g/mol.